The minimum absolute atomic E-state index is 0.155. The summed E-state index contributed by atoms with van der Waals surface area (Å²) in [5, 5.41) is 0. The van der Waals surface area contributed by atoms with Crippen LogP contribution in [0.25, 0.3) is 0 Å². The molecule has 1 fully saturated rings. The lowest BCUT2D eigenvalue weighted by molar-refractivity contribution is 0.233. The van der Waals surface area contributed by atoms with Gasteiger partial charge in [-0.05, 0) is 32.6 Å². The van der Waals surface area contributed by atoms with E-state index in [0.29, 0.717) is 13.0 Å². The Bertz CT molecular complexity index is 524. The molecule has 1 aliphatic rings. The van der Waals surface area contributed by atoms with E-state index in [2.05, 4.69) is 9.55 Å². The van der Waals surface area contributed by atoms with Gasteiger partial charge in [0.1, 0.15) is 5.82 Å². The molecule has 0 aromatic carbocycles. The Morgan fingerprint density at radius 2 is 2.20 bits per heavy atom. The van der Waals surface area contributed by atoms with Gasteiger partial charge in [-0.1, -0.05) is 13.3 Å². The van der Waals surface area contributed by atoms with Gasteiger partial charge in [-0.15, -0.1) is 0 Å². The topological polar surface area (TPSA) is 55.2 Å². The number of rotatable bonds is 6. The Morgan fingerprint density at radius 3 is 2.85 bits per heavy atom. The van der Waals surface area contributed by atoms with Gasteiger partial charge in [-0.2, -0.15) is 4.31 Å². The van der Waals surface area contributed by atoms with Gasteiger partial charge in [0, 0.05) is 31.5 Å². The van der Waals surface area contributed by atoms with E-state index in [1.54, 1.807) is 10.5 Å². The number of sulfonamides is 1. The maximum Gasteiger partial charge on any atom is 0.214 e. The van der Waals surface area contributed by atoms with Crippen molar-refractivity contribution in [3.63, 3.8) is 0 Å². The zero-order chi connectivity index (χ0) is 14.6. The number of nitrogens with zero attached hydrogens (tertiary/aromatic N) is 3. The van der Waals surface area contributed by atoms with E-state index in [9.17, 15) is 8.42 Å². The number of hydrogen-bond donors (Lipinski definition) is 0. The first-order valence-corrected chi connectivity index (χ1v) is 9.12. The molecular weight excluding hydrogens is 274 g/mol. The van der Waals surface area contributed by atoms with Gasteiger partial charge >= 0.3 is 0 Å². The van der Waals surface area contributed by atoms with Crippen molar-refractivity contribution in [2.45, 2.75) is 58.5 Å². The molecule has 1 atom stereocenters. The molecule has 1 saturated heterocycles. The Hall–Kier alpha value is -0.880. The molecule has 1 aromatic rings. The van der Waals surface area contributed by atoms with E-state index in [-0.39, 0.29) is 11.8 Å². The molecular formula is C14H25N3O2S. The van der Waals surface area contributed by atoms with Gasteiger partial charge in [0.05, 0.1) is 5.75 Å². The zero-order valence-electron chi connectivity index (χ0n) is 12.5. The number of aromatic nitrogens is 2. The summed E-state index contributed by atoms with van der Waals surface area (Å²) < 4.78 is 28.5. The average Bonchev–Trinajstić information content (AvgIpc) is 2.82. The minimum Gasteiger partial charge on any atom is -0.335 e. The van der Waals surface area contributed by atoms with E-state index in [0.717, 1.165) is 38.1 Å². The Balaban J connectivity index is 2.02. The van der Waals surface area contributed by atoms with Crippen LogP contribution in [0.5, 0.6) is 0 Å². The largest absolute Gasteiger partial charge is 0.335 e. The summed E-state index contributed by atoms with van der Waals surface area (Å²) in [5.74, 6) is 1.26. The maximum absolute atomic E-state index is 12.3. The molecule has 0 saturated carbocycles. The molecule has 0 radical (unpaired) electrons. The first-order chi connectivity index (χ1) is 9.54. The van der Waals surface area contributed by atoms with Crippen LogP contribution >= 0.6 is 0 Å². The molecule has 0 unspecified atom stereocenters. The fraction of sp³-hybridized carbons (Fsp3) is 0.786. The molecule has 2 rings (SSSR count). The van der Waals surface area contributed by atoms with Gasteiger partial charge in [0.2, 0.25) is 10.0 Å². The van der Waals surface area contributed by atoms with E-state index in [1.165, 1.54) is 0 Å². The van der Waals surface area contributed by atoms with Gasteiger partial charge in [-0.25, -0.2) is 13.4 Å². The predicted molar refractivity (Wildman–Crippen MR) is 80.0 cm³/mol. The molecule has 20 heavy (non-hydrogen) atoms. The molecule has 0 spiro atoms. The number of imidazole rings is 1. The van der Waals surface area contributed by atoms with Crippen LogP contribution < -0.4 is 0 Å². The van der Waals surface area contributed by atoms with Gasteiger partial charge in [0.15, 0.2) is 0 Å². The number of aryl methyl sites for hydroxylation is 2. The van der Waals surface area contributed by atoms with Crippen LogP contribution in [0.3, 0.4) is 0 Å². The number of hydrogen-bond acceptors (Lipinski definition) is 3. The first-order valence-electron chi connectivity index (χ1n) is 7.52. The van der Waals surface area contributed by atoms with Crippen LogP contribution in [-0.4, -0.2) is 40.6 Å². The summed E-state index contributed by atoms with van der Waals surface area (Å²) in [5.41, 5.74) is 0. The van der Waals surface area contributed by atoms with Crippen LogP contribution in [0.1, 0.15) is 44.9 Å². The van der Waals surface area contributed by atoms with E-state index in [1.807, 2.05) is 20.0 Å². The monoisotopic (exact) mass is 299 g/mol. The lowest BCUT2D eigenvalue weighted by Crippen LogP contribution is -2.45. The van der Waals surface area contributed by atoms with Crippen molar-refractivity contribution >= 4 is 10.0 Å². The first kappa shape index (κ1) is 15.5. The lowest BCUT2D eigenvalue weighted by Gasteiger charge is -2.34. The van der Waals surface area contributed by atoms with Gasteiger partial charge in [-0.3, -0.25) is 0 Å². The molecule has 0 N–H and O–H groups in total. The van der Waals surface area contributed by atoms with Crippen LogP contribution in [0.15, 0.2) is 12.4 Å². The summed E-state index contributed by atoms with van der Waals surface area (Å²) >= 11 is 0. The third-order valence-corrected chi connectivity index (χ3v) is 6.14. The Morgan fingerprint density at radius 1 is 1.40 bits per heavy atom. The van der Waals surface area contributed by atoms with Crippen molar-refractivity contribution in [3.8, 4) is 0 Å². The van der Waals surface area contributed by atoms with E-state index >= 15 is 0 Å². The third-order valence-electron chi connectivity index (χ3n) is 4.02. The maximum atomic E-state index is 12.3. The molecule has 2 heterocycles. The summed E-state index contributed by atoms with van der Waals surface area (Å²) in [6.45, 7) is 5.43. The summed E-state index contributed by atoms with van der Waals surface area (Å²) in [4.78, 5) is 4.21. The van der Waals surface area contributed by atoms with Gasteiger partial charge in [0.25, 0.3) is 0 Å². The lowest BCUT2D eigenvalue weighted by atomic mass is 10.0. The second-order valence-corrected chi connectivity index (χ2v) is 7.57. The highest BCUT2D eigenvalue weighted by molar-refractivity contribution is 7.89. The summed E-state index contributed by atoms with van der Waals surface area (Å²) in [6.07, 6.45) is 8.42. The quantitative estimate of drug-likeness (QED) is 0.809. The van der Waals surface area contributed by atoms with E-state index < -0.39 is 10.0 Å². The predicted octanol–water partition coefficient (Wildman–Crippen LogP) is 2.18. The summed E-state index contributed by atoms with van der Waals surface area (Å²) in [7, 11) is -3.08. The molecule has 1 aromatic heterocycles. The molecule has 5 nitrogen and oxygen atoms in total. The zero-order valence-corrected chi connectivity index (χ0v) is 13.3. The average molecular weight is 299 g/mol. The molecule has 6 heteroatoms. The fourth-order valence-corrected chi connectivity index (χ4v) is 4.75. The molecule has 1 aliphatic heterocycles. The van der Waals surface area contributed by atoms with Crippen LogP contribution in [0.4, 0.5) is 0 Å². The molecule has 0 bridgehead atoms. The second-order valence-electron chi connectivity index (χ2n) is 5.53. The Labute approximate surface area is 122 Å². The van der Waals surface area contributed by atoms with Gasteiger partial charge < -0.3 is 4.57 Å². The van der Waals surface area contributed by atoms with Crippen LogP contribution in [0, 0.1) is 6.92 Å². The van der Waals surface area contributed by atoms with Crippen molar-refractivity contribution in [2.24, 2.45) is 0 Å². The normalized spacial score (nSPS) is 21.2. The highest BCUT2D eigenvalue weighted by Crippen LogP contribution is 2.24. The van der Waals surface area contributed by atoms with Crippen molar-refractivity contribution in [3.05, 3.63) is 18.2 Å². The minimum atomic E-state index is -3.08. The van der Waals surface area contributed by atoms with Crippen molar-refractivity contribution < 1.29 is 8.42 Å². The molecule has 0 amide bonds. The Kier molecular flexibility index (Phi) is 5.21. The van der Waals surface area contributed by atoms with E-state index in [4.69, 9.17) is 0 Å². The van der Waals surface area contributed by atoms with Crippen LogP contribution in [-0.2, 0) is 16.6 Å². The van der Waals surface area contributed by atoms with Crippen molar-refractivity contribution in [1.82, 2.24) is 13.9 Å². The SMILES string of the molecule is CCCS(=O)(=O)N1CCCC[C@@H]1CCn1ccnc1C. The third kappa shape index (κ3) is 3.61. The number of piperidine rings is 1. The van der Waals surface area contributed by atoms with Crippen LogP contribution in [0.2, 0.25) is 0 Å². The second kappa shape index (κ2) is 6.72. The fourth-order valence-electron chi connectivity index (χ4n) is 2.93. The highest BCUT2D eigenvalue weighted by atomic mass is 32.2. The smallest absolute Gasteiger partial charge is 0.214 e. The van der Waals surface area contributed by atoms with Crippen molar-refractivity contribution in [1.29, 1.82) is 0 Å². The highest BCUT2D eigenvalue weighted by Gasteiger charge is 2.31. The summed E-state index contributed by atoms with van der Waals surface area (Å²) in [6, 6.07) is 0.155. The molecule has 114 valence electrons. The molecule has 0 aliphatic carbocycles. The van der Waals surface area contributed by atoms with Crippen molar-refractivity contribution in [2.75, 3.05) is 12.3 Å². The standard InChI is InChI=1S/C14H25N3O2S/c1-3-12-20(18,19)17-9-5-4-6-14(17)7-10-16-11-8-15-13(16)2/h8,11,14H,3-7,9-10,12H2,1-2H3/t14-/m1/s1.